The molecular weight excluding hydrogens is 248 g/mol. The Labute approximate surface area is 125 Å². The van der Waals surface area contributed by atoms with Crippen LogP contribution in [0.4, 0.5) is 0 Å². The third-order valence-corrected chi connectivity index (χ3v) is 3.65. The van der Waals surface area contributed by atoms with Crippen molar-refractivity contribution in [3.63, 3.8) is 0 Å². The number of carbonyl (C=O) groups excluding carboxylic acids is 1. The zero-order chi connectivity index (χ0) is 15.7. The van der Waals surface area contributed by atoms with Gasteiger partial charge in [-0.3, -0.25) is 0 Å². The van der Waals surface area contributed by atoms with E-state index in [4.69, 9.17) is 0 Å². The number of aliphatic hydroxyl groups excluding tert-OH is 1. The van der Waals surface area contributed by atoms with Crippen molar-refractivity contribution in [2.75, 3.05) is 0 Å². The van der Waals surface area contributed by atoms with Crippen LogP contribution in [0.3, 0.4) is 0 Å². The second-order valence-corrected chi connectivity index (χ2v) is 6.48. The first-order chi connectivity index (χ1) is 9.23. The van der Waals surface area contributed by atoms with Gasteiger partial charge in [-0.2, -0.15) is 0 Å². The third-order valence-electron chi connectivity index (χ3n) is 3.65. The molecule has 0 fully saturated rings. The number of aliphatic hydroxyl groups is 1. The van der Waals surface area contributed by atoms with Crippen molar-refractivity contribution in [1.82, 2.24) is 0 Å². The highest BCUT2D eigenvalue weighted by Crippen LogP contribution is 2.25. The molecule has 0 amide bonds. The van der Waals surface area contributed by atoms with Gasteiger partial charge >= 0.3 is 0 Å². The maximum atomic E-state index is 10.9. The van der Waals surface area contributed by atoms with Crippen molar-refractivity contribution in [3.8, 4) is 0 Å². The molecule has 0 aliphatic carbocycles. The molecule has 2 nitrogen and oxygen atoms in total. The van der Waals surface area contributed by atoms with E-state index < -0.39 is 0 Å². The largest absolute Gasteiger partial charge is 0.392 e. The summed E-state index contributed by atoms with van der Waals surface area (Å²) in [5, 5.41) is 10.3. The van der Waals surface area contributed by atoms with E-state index >= 15 is 0 Å². The molecule has 0 spiro atoms. The molecule has 116 valence electrons. The molecule has 2 unspecified atom stereocenters. The van der Waals surface area contributed by atoms with Gasteiger partial charge < -0.3 is 9.90 Å². The molecule has 2 heteroatoms. The number of hydrogen-bond acceptors (Lipinski definition) is 2. The molecule has 0 aromatic rings. The quantitative estimate of drug-likeness (QED) is 0.590. The molecule has 1 N–H and O–H groups in total. The van der Waals surface area contributed by atoms with Crippen LogP contribution >= 0.6 is 0 Å². The average molecular weight is 280 g/mol. The molecule has 0 aromatic heterocycles. The number of allylic oxidation sites excluding steroid dienone is 2. The summed E-state index contributed by atoms with van der Waals surface area (Å²) in [4.78, 5) is 10.9. The van der Waals surface area contributed by atoms with Crippen LogP contribution in [-0.4, -0.2) is 17.0 Å². The fourth-order valence-electron chi connectivity index (χ4n) is 2.42. The second kappa shape index (κ2) is 9.93. The number of rotatable bonds is 10. The highest BCUT2D eigenvalue weighted by molar-refractivity contribution is 5.75. The van der Waals surface area contributed by atoms with Gasteiger partial charge in [0.25, 0.3) is 0 Å². The van der Waals surface area contributed by atoms with E-state index in [1.807, 2.05) is 6.92 Å². The van der Waals surface area contributed by atoms with E-state index in [1.165, 1.54) is 5.57 Å². The van der Waals surface area contributed by atoms with Gasteiger partial charge in [-0.05, 0) is 52.4 Å². The third kappa shape index (κ3) is 9.08. The maximum Gasteiger partial charge on any atom is 0.130 e. The fraction of sp³-hybridized carbons (Fsp3) is 0.722. The molecular formula is C18H32O2. The Morgan fingerprint density at radius 1 is 1.20 bits per heavy atom. The SMILES string of the molecule is C=C(C)C(CC/C(C)=C/CCC(C)=O)C(O)CC(C)C. The van der Waals surface area contributed by atoms with Crippen molar-refractivity contribution in [1.29, 1.82) is 0 Å². The molecule has 0 aliphatic rings. The van der Waals surface area contributed by atoms with Crippen LogP contribution in [0.1, 0.15) is 66.7 Å². The molecule has 20 heavy (non-hydrogen) atoms. The summed E-state index contributed by atoms with van der Waals surface area (Å²) in [5.74, 6) is 0.911. The molecule has 0 radical (unpaired) electrons. The summed E-state index contributed by atoms with van der Waals surface area (Å²) in [6.07, 6.45) is 6.02. The van der Waals surface area contributed by atoms with E-state index in [2.05, 4.69) is 33.4 Å². The van der Waals surface area contributed by atoms with Crippen LogP contribution in [0, 0.1) is 11.8 Å². The van der Waals surface area contributed by atoms with Gasteiger partial charge in [0.2, 0.25) is 0 Å². The van der Waals surface area contributed by atoms with Gasteiger partial charge in [-0.25, -0.2) is 0 Å². The summed E-state index contributed by atoms with van der Waals surface area (Å²) < 4.78 is 0. The number of ketones is 1. The monoisotopic (exact) mass is 280 g/mol. The lowest BCUT2D eigenvalue weighted by Crippen LogP contribution is -2.23. The van der Waals surface area contributed by atoms with Gasteiger partial charge in [0, 0.05) is 12.3 Å². The van der Waals surface area contributed by atoms with Crippen LogP contribution in [0.25, 0.3) is 0 Å². The lowest BCUT2D eigenvalue weighted by Gasteiger charge is -2.25. The summed E-state index contributed by atoms with van der Waals surface area (Å²) in [6.45, 7) is 14.0. The van der Waals surface area contributed by atoms with Gasteiger partial charge in [0.15, 0.2) is 0 Å². The van der Waals surface area contributed by atoms with Crippen molar-refractivity contribution >= 4 is 5.78 Å². The molecule has 0 rings (SSSR count). The number of hydrogen-bond donors (Lipinski definition) is 1. The number of carbonyl (C=O) groups is 1. The normalized spacial score (nSPS) is 15.2. The van der Waals surface area contributed by atoms with Gasteiger partial charge in [0.05, 0.1) is 6.10 Å². The van der Waals surface area contributed by atoms with Crippen LogP contribution < -0.4 is 0 Å². The Hall–Kier alpha value is -0.890. The zero-order valence-corrected chi connectivity index (χ0v) is 13.9. The Bertz CT molecular complexity index is 339. The first kappa shape index (κ1) is 19.1. The molecule has 2 atom stereocenters. The van der Waals surface area contributed by atoms with E-state index in [0.29, 0.717) is 12.3 Å². The smallest absolute Gasteiger partial charge is 0.130 e. The maximum absolute atomic E-state index is 10.9. The van der Waals surface area contributed by atoms with Crippen LogP contribution in [-0.2, 0) is 4.79 Å². The highest BCUT2D eigenvalue weighted by Gasteiger charge is 2.20. The van der Waals surface area contributed by atoms with Crippen LogP contribution in [0.5, 0.6) is 0 Å². The van der Waals surface area contributed by atoms with E-state index in [1.54, 1.807) is 6.92 Å². The summed E-state index contributed by atoms with van der Waals surface area (Å²) in [7, 11) is 0. The van der Waals surface area contributed by atoms with Gasteiger partial charge in [-0.1, -0.05) is 37.6 Å². The minimum atomic E-state index is -0.294. The van der Waals surface area contributed by atoms with Crippen LogP contribution in [0.2, 0.25) is 0 Å². The molecule has 0 aliphatic heterocycles. The van der Waals surface area contributed by atoms with E-state index in [-0.39, 0.29) is 17.8 Å². The summed E-state index contributed by atoms with van der Waals surface area (Å²) >= 11 is 0. The van der Waals surface area contributed by atoms with Crippen molar-refractivity contribution in [2.24, 2.45) is 11.8 Å². The predicted molar refractivity (Wildman–Crippen MR) is 86.7 cm³/mol. The van der Waals surface area contributed by atoms with Crippen LogP contribution in [0.15, 0.2) is 23.8 Å². The minimum absolute atomic E-state index is 0.175. The Kier molecular flexibility index (Phi) is 9.49. The summed E-state index contributed by atoms with van der Waals surface area (Å²) in [6, 6.07) is 0. The topological polar surface area (TPSA) is 37.3 Å². The summed E-state index contributed by atoms with van der Waals surface area (Å²) in [5.41, 5.74) is 2.36. The average Bonchev–Trinajstić information content (AvgIpc) is 2.26. The van der Waals surface area contributed by atoms with Gasteiger partial charge in [-0.15, -0.1) is 0 Å². The fourth-order valence-corrected chi connectivity index (χ4v) is 2.42. The number of Topliss-reactive ketones (excluding diaryl/α,β-unsaturated/α-hetero) is 1. The van der Waals surface area contributed by atoms with Crippen molar-refractivity contribution in [2.45, 2.75) is 72.8 Å². The first-order valence-corrected chi connectivity index (χ1v) is 7.72. The molecule has 0 aromatic carbocycles. The van der Waals surface area contributed by atoms with E-state index in [0.717, 1.165) is 31.3 Å². The van der Waals surface area contributed by atoms with E-state index in [9.17, 15) is 9.90 Å². The second-order valence-electron chi connectivity index (χ2n) is 6.48. The highest BCUT2D eigenvalue weighted by atomic mass is 16.3. The standard InChI is InChI=1S/C18H32O2/c1-13(2)12-18(20)17(14(3)4)11-10-15(5)8-7-9-16(6)19/h8,13,17-18,20H,3,7,9-12H2,1-2,4-6H3/b15-8+. The Morgan fingerprint density at radius 3 is 2.25 bits per heavy atom. The van der Waals surface area contributed by atoms with Crippen molar-refractivity contribution in [3.05, 3.63) is 23.8 Å². The van der Waals surface area contributed by atoms with Gasteiger partial charge in [0.1, 0.15) is 5.78 Å². The molecule has 0 saturated carbocycles. The van der Waals surface area contributed by atoms with Crippen molar-refractivity contribution < 1.29 is 9.90 Å². The lowest BCUT2D eigenvalue weighted by atomic mass is 9.85. The Morgan fingerprint density at radius 2 is 1.80 bits per heavy atom. The minimum Gasteiger partial charge on any atom is -0.392 e. The Balaban J connectivity index is 4.33. The molecule has 0 heterocycles. The zero-order valence-electron chi connectivity index (χ0n) is 13.9. The predicted octanol–water partition coefficient (Wildman–Crippen LogP) is 4.68. The molecule has 0 saturated heterocycles. The molecule has 0 bridgehead atoms. The lowest BCUT2D eigenvalue weighted by molar-refractivity contribution is -0.116. The first-order valence-electron chi connectivity index (χ1n) is 7.72.